The van der Waals surface area contributed by atoms with Gasteiger partial charge in [-0.3, -0.25) is 4.99 Å². The minimum absolute atomic E-state index is 0.0499. The van der Waals surface area contributed by atoms with Gasteiger partial charge in [-0.15, -0.1) is 0 Å². The third-order valence-corrected chi connectivity index (χ3v) is 4.90. The van der Waals surface area contributed by atoms with E-state index in [1.165, 1.54) is 24.8 Å². The number of rotatable bonds is 7. The Bertz CT molecular complexity index is 722. The molecule has 3 rings (SSSR count). The standard InChI is InChI=1S/C21H29N3O/c1-5-7-8-10-16-13-18(23-15(16)3)21-20(25-6-2)14-19(24(21)4)17-11-9-12-22-17/h9,11-14,20,22H,5-8,10H2,1-4H3. The SMILES string of the molecule is CCCCCC1=CC(=C2C(OCC)C=C(c3ccc[nH]3)N2C)N=C1C. The van der Waals surface area contributed by atoms with Crippen molar-refractivity contribution in [2.24, 2.45) is 4.99 Å². The second kappa shape index (κ2) is 7.87. The van der Waals surface area contributed by atoms with E-state index in [-0.39, 0.29) is 6.10 Å². The summed E-state index contributed by atoms with van der Waals surface area (Å²) in [6, 6.07) is 4.11. The highest BCUT2D eigenvalue weighted by Gasteiger charge is 2.32. The van der Waals surface area contributed by atoms with Gasteiger partial charge in [0.05, 0.1) is 22.8 Å². The maximum absolute atomic E-state index is 6.01. The molecule has 3 heterocycles. The van der Waals surface area contributed by atoms with Gasteiger partial charge in [0, 0.05) is 25.6 Å². The number of aliphatic imine (C=N–C) groups is 1. The van der Waals surface area contributed by atoms with Crippen LogP contribution in [0.25, 0.3) is 5.70 Å². The Kier molecular flexibility index (Phi) is 5.59. The van der Waals surface area contributed by atoms with Crippen molar-refractivity contribution in [2.45, 2.75) is 52.6 Å². The lowest BCUT2D eigenvalue weighted by Gasteiger charge is -2.21. The lowest BCUT2D eigenvalue weighted by atomic mass is 10.0. The lowest BCUT2D eigenvalue weighted by molar-refractivity contribution is 0.114. The molecule has 1 aromatic heterocycles. The molecule has 25 heavy (non-hydrogen) atoms. The smallest absolute Gasteiger partial charge is 0.120 e. The van der Waals surface area contributed by atoms with Crippen LogP contribution in [0.4, 0.5) is 0 Å². The molecule has 0 saturated heterocycles. The summed E-state index contributed by atoms with van der Waals surface area (Å²) in [6.07, 6.45) is 11.2. The minimum atomic E-state index is -0.0499. The zero-order valence-corrected chi connectivity index (χ0v) is 15.8. The van der Waals surface area contributed by atoms with E-state index in [2.05, 4.69) is 49.0 Å². The van der Waals surface area contributed by atoms with Crippen LogP contribution in [-0.2, 0) is 4.74 Å². The van der Waals surface area contributed by atoms with Crippen LogP contribution < -0.4 is 0 Å². The molecule has 4 nitrogen and oxygen atoms in total. The number of nitrogens with zero attached hydrogens (tertiary/aromatic N) is 2. The Morgan fingerprint density at radius 2 is 2.12 bits per heavy atom. The van der Waals surface area contributed by atoms with Gasteiger partial charge in [-0.2, -0.15) is 0 Å². The van der Waals surface area contributed by atoms with E-state index in [1.807, 2.05) is 19.2 Å². The monoisotopic (exact) mass is 339 g/mol. The summed E-state index contributed by atoms with van der Waals surface area (Å²) in [6.45, 7) is 7.08. The van der Waals surface area contributed by atoms with Gasteiger partial charge >= 0.3 is 0 Å². The van der Waals surface area contributed by atoms with E-state index in [4.69, 9.17) is 9.73 Å². The zero-order chi connectivity index (χ0) is 17.8. The van der Waals surface area contributed by atoms with Crippen molar-refractivity contribution in [2.75, 3.05) is 13.7 Å². The van der Waals surface area contributed by atoms with Gasteiger partial charge in [0.2, 0.25) is 0 Å². The van der Waals surface area contributed by atoms with Gasteiger partial charge in [0.1, 0.15) is 6.10 Å². The van der Waals surface area contributed by atoms with E-state index in [9.17, 15) is 0 Å². The highest BCUT2D eigenvalue weighted by Crippen LogP contribution is 2.36. The van der Waals surface area contributed by atoms with Gasteiger partial charge in [0.25, 0.3) is 0 Å². The first-order valence-electron chi connectivity index (χ1n) is 9.37. The van der Waals surface area contributed by atoms with Crippen LogP contribution in [-0.4, -0.2) is 35.4 Å². The van der Waals surface area contributed by atoms with Crippen LogP contribution in [0.3, 0.4) is 0 Å². The highest BCUT2D eigenvalue weighted by atomic mass is 16.5. The summed E-state index contributed by atoms with van der Waals surface area (Å²) in [5.41, 5.74) is 6.95. The van der Waals surface area contributed by atoms with Crippen molar-refractivity contribution in [3.05, 3.63) is 53.1 Å². The van der Waals surface area contributed by atoms with Crippen molar-refractivity contribution in [3.8, 4) is 0 Å². The number of allylic oxidation sites excluding steroid dienone is 2. The molecule has 1 aromatic rings. The maximum Gasteiger partial charge on any atom is 0.120 e. The molecular weight excluding hydrogens is 310 g/mol. The fourth-order valence-corrected chi connectivity index (χ4v) is 3.54. The van der Waals surface area contributed by atoms with Crippen molar-refractivity contribution in [3.63, 3.8) is 0 Å². The van der Waals surface area contributed by atoms with Gasteiger partial charge in [-0.1, -0.05) is 19.8 Å². The van der Waals surface area contributed by atoms with Crippen molar-refractivity contribution >= 4 is 11.4 Å². The molecule has 1 N–H and O–H groups in total. The normalized spacial score (nSPS) is 23.1. The fourth-order valence-electron chi connectivity index (χ4n) is 3.54. The predicted octanol–water partition coefficient (Wildman–Crippen LogP) is 4.90. The third-order valence-electron chi connectivity index (χ3n) is 4.90. The van der Waals surface area contributed by atoms with E-state index < -0.39 is 0 Å². The molecule has 0 aliphatic carbocycles. The third kappa shape index (κ3) is 3.64. The van der Waals surface area contributed by atoms with E-state index >= 15 is 0 Å². The quantitative estimate of drug-likeness (QED) is 0.718. The van der Waals surface area contributed by atoms with Gasteiger partial charge in [0.15, 0.2) is 0 Å². The molecule has 0 fully saturated rings. The van der Waals surface area contributed by atoms with Crippen LogP contribution in [0.5, 0.6) is 0 Å². The summed E-state index contributed by atoms with van der Waals surface area (Å²) in [4.78, 5) is 10.4. The molecule has 134 valence electrons. The second-order valence-electron chi connectivity index (χ2n) is 6.67. The van der Waals surface area contributed by atoms with Crippen LogP contribution in [0, 0.1) is 0 Å². The summed E-state index contributed by atoms with van der Waals surface area (Å²) < 4.78 is 6.01. The van der Waals surface area contributed by atoms with E-state index in [1.54, 1.807) is 0 Å². The van der Waals surface area contributed by atoms with Crippen LogP contribution in [0.1, 0.15) is 52.1 Å². The number of H-pyrrole nitrogens is 1. The minimum Gasteiger partial charge on any atom is -0.368 e. The Morgan fingerprint density at radius 1 is 1.28 bits per heavy atom. The summed E-state index contributed by atoms with van der Waals surface area (Å²) in [5.74, 6) is 0. The maximum atomic E-state index is 6.01. The number of unbranched alkanes of at least 4 members (excludes halogenated alkanes) is 2. The van der Waals surface area contributed by atoms with Crippen molar-refractivity contribution in [1.29, 1.82) is 0 Å². The first-order chi connectivity index (χ1) is 12.2. The van der Waals surface area contributed by atoms with Gasteiger partial charge < -0.3 is 14.6 Å². The van der Waals surface area contributed by atoms with Gasteiger partial charge in [-0.25, -0.2) is 0 Å². The molecule has 2 aliphatic heterocycles. The Hall–Kier alpha value is -2.07. The van der Waals surface area contributed by atoms with Crippen LogP contribution in [0.2, 0.25) is 0 Å². The molecule has 1 atom stereocenters. The molecule has 0 bridgehead atoms. The second-order valence-corrected chi connectivity index (χ2v) is 6.67. The van der Waals surface area contributed by atoms with Crippen molar-refractivity contribution in [1.82, 2.24) is 9.88 Å². The number of aromatic nitrogens is 1. The first kappa shape index (κ1) is 17.7. The molecule has 0 saturated carbocycles. The summed E-state index contributed by atoms with van der Waals surface area (Å²) in [7, 11) is 2.10. The molecular formula is C21H29N3O. The Labute approximate surface area is 151 Å². The molecule has 2 aliphatic rings. The number of nitrogens with one attached hydrogen (secondary N) is 1. The lowest BCUT2D eigenvalue weighted by Crippen LogP contribution is -2.20. The average molecular weight is 339 g/mol. The summed E-state index contributed by atoms with van der Waals surface area (Å²) >= 11 is 0. The number of likely N-dealkylation sites (N-methyl/N-ethyl adjacent to an activating group) is 1. The highest BCUT2D eigenvalue weighted by molar-refractivity contribution is 6.02. The number of ether oxygens (including phenoxy) is 1. The first-order valence-corrected chi connectivity index (χ1v) is 9.37. The predicted molar refractivity (Wildman–Crippen MR) is 104 cm³/mol. The van der Waals surface area contributed by atoms with Crippen molar-refractivity contribution < 1.29 is 4.74 Å². The van der Waals surface area contributed by atoms with E-state index in [0.717, 1.165) is 34.9 Å². The molecule has 0 spiro atoms. The van der Waals surface area contributed by atoms with Gasteiger partial charge in [-0.05, 0) is 56.5 Å². The summed E-state index contributed by atoms with van der Waals surface area (Å²) in [5, 5.41) is 0. The Balaban J connectivity index is 1.91. The largest absolute Gasteiger partial charge is 0.368 e. The number of aromatic amines is 1. The fraction of sp³-hybridized carbons (Fsp3) is 0.476. The van der Waals surface area contributed by atoms with Crippen LogP contribution in [0.15, 0.2) is 52.4 Å². The van der Waals surface area contributed by atoms with E-state index in [0.29, 0.717) is 6.61 Å². The molecule has 4 heteroatoms. The number of hydrogen-bond donors (Lipinski definition) is 1. The zero-order valence-electron chi connectivity index (χ0n) is 15.8. The average Bonchev–Trinajstić information content (AvgIpc) is 3.29. The molecule has 0 aromatic carbocycles. The molecule has 1 unspecified atom stereocenters. The topological polar surface area (TPSA) is 40.6 Å². The molecule has 0 amide bonds. The van der Waals surface area contributed by atoms with Crippen LogP contribution >= 0.6 is 0 Å². The number of hydrogen-bond acceptors (Lipinski definition) is 3. The molecule has 0 radical (unpaired) electrons. The Morgan fingerprint density at radius 3 is 2.80 bits per heavy atom.